The number of benzene rings is 2. The van der Waals surface area contributed by atoms with Gasteiger partial charge in [0.1, 0.15) is 0 Å². The lowest BCUT2D eigenvalue weighted by Crippen LogP contribution is -2.37. The molecule has 0 atom stereocenters. The molecule has 2 rings (SSSR count). The molecule has 2 N–H and O–H groups in total. The molecule has 0 heterocycles. The van der Waals surface area contributed by atoms with E-state index in [9.17, 15) is 24.5 Å². The topological polar surface area (TPSA) is 122 Å². The van der Waals surface area contributed by atoms with Crippen molar-refractivity contribution in [2.45, 2.75) is 6.54 Å². The van der Waals surface area contributed by atoms with Gasteiger partial charge in [0.2, 0.25) is 5.91 Å². The van der Waals surface area contributed by atoms with Gasteiger partial charge in [-0.15, -0.1) is 0 Å². The van der Waals surface area contributed by atoms with Crippen molar-refractivity contribution in [2.24, 2.45) is 0 Å². The Bertz CT molecular complexity index is 895. The average molecular weight is 384 g/mol. The van der Waals surface area contributed by atoms with Crippen LogP contribution in [0.15, 0.2) is 48.5 Å². The number of nitrogens with one attached hydrogen (secondary N) is 2. The number of hydrogen-bond acceptors (Lipinski definition) is 5. The summed E-state index contributed by atoms with van der Waals surface area (Å²) in [5.41, 5.74) is 1.25. The molecule has 0 saturated heterocycles. The highest BCUT2D eigenvalue weighted by molar-refractivity contribution is 5.97. The van der Waals surface area contributed by atoms with Crippen LogP contribution >= 0.6 is 0 Å². The number of nitro groups is 1. The van der Waals surface area contributed by atoms with Crippen molar-refractivity contribution in [3.05, 3.63) is 75.3 Å². The van der Waals surface area contributed by atoms with Gasteiger partial charge in [0, 0.05) is 43.9 Å². The third-order valence-electron chi connectivity index (χ3n) is 4.01. The number of rotatable bonds is 7. The second-order valence-electron chi connectivity index (χ2n) is 6.02. The smallest absolute Gasteiger partial charge is 0.270 e. The normalized spacial score (nSPS) is 10.1. The third kappa shape index (κ3) is 5.37. The SMILES string of the molecule is CNC(=O)c1ccc(CN(C)C(=O)CNC(=O)c2cccc([N+](=O)[O-])c2)cc1. The minimum atomic E-state index is -0.592. The van der Waals surface area contributed by atoms with Crippen LogP contribution in [0.4, 0.5) is 5.69 Å². The van der Waals surface area contributed by atoms with Crippen LogP contribution < -0.4 is 10.6 Å². The van der Waals surface area contributed by atoms with E-state index < -0.39 is 10.8 Å². The van der Waals surface area contributed by atoms with E-state index in [1.807, 2.05) is 0 Å². The Kier molecular flexibility index (Phi) is 6.80. The largest absolute Gasteiger partial charge is 0.355 e. The zero-order valence-corrected chi connectivity index (χ0v) is 15.5. The maximum absolute atomic E-state index is 12.2. The van der Waals surface area contributed by atoms with Crippen molar-refractivity contribution in [1.29, 1.82) is 0 Å². The van der Waals surface area contributed by atoms with Crippen LogP contribution in [0.3, 0.4) is 0 Å². The lowest BCUT2D eigenvalue weighted by atomic mass is 10.1. The van der Waals surface area contributed by atoms with Crippen LogP contribution in [0, 0.1) is 10.1 Å². The summed E-state index contributed by atoms with van der Waals surface area (Å²) in [4.78, 5) is 47.4. The molecule has 2 aromatic rings. The van der Waals surface area contributed by atoms with Gasteiger partial charge in [0.15, 0.2) is 0 Å². The fourth-order valence-electron chi connectivity index (χ4n) is 2.42. The van der Waals surface area contributed by atoms with E-state index in [-0.39, 0.29) is 29.6 Å². The predicted molar refractivity (Wildman–Crippen MR) is 102 cm³/mol. The quantitative estimate of drug-likeness (QED) is 0.551. The van der Waals surface area contributed by atoms with Gasteiger partial charge in [-0.2, -0.15) is 0 Å². The van der Waals surface area contributed by atoms with Crippen LogP contribution in [-0.4, -0.2) is 48.2 Å². The standard InChI is InChI=1S/C19H20N4O5/c1-20-18(25)14-8-6-13(7-9-14)12-22(2)17(24)11-21-19(26)15-4-3-5-16(10-15)23(27)28/h3-10H,11-12H2,1-2H3,(H,20,25)(H,21,26). The number of non-ortho nitro benzene ring substituents is 1. The van der Waals surface area contributed by atoms with Crippen molar-refractivity contribution in [3.8, 4) is 0 Å². The van der Waals surface area contributed by atoms with E-state index in [1.165, 1.54) is 23.1 Å². The third-order valence-corrected chi connectivity index (χ3v) is 4.01. The van der Waals surface area contributed by atoms with E-state index >= 15 is 0 Å². The molecule has 0 aliphatic rings. The van der Waals surface area contributed by atoms with Crippen LogP contribution in [0.25, 0.3) is 0 Å². The highest BCUT2D eigenvalue weighted by Crippen LogP contribution is 2.13. The number of nitrogens with zero attached hydrogens (tertiary/aromatic N) is 2. The summed E-state index contributed by atoms with van der Waals surface area (Å²) in [5.74, 6) is -1.09. The first kappa shape index (κ1) is 20.6. The van der Waals surface area contributed by atoms with Crippen molar-refractivity contribution in [2.75, 3.05) is 20.6 Å². The molecule has 0 unspecified atom stereocenters. The first-order valence-electron chi connectivity index (χ1n) is 8.39. The molecule has 28 heavy (non-hydrogen) atoms. The number of hydrogen-bond donors (Lipinski definition) is 2. The molecule has 0 aliphatic heterocycles. The molecular weight excluding hydrogens is 364 g/mol. The molecule has 9 heteroatoms. The Morgan fingerprint density at radius 3 is 2.32 bits per heavy atom. The first-order valence-corrected chi connectivity index (χ1v) is 8.39. The highest BCUT2D eigenvalue weighted by Gasteiger charge is 2.14. The van der Waals surface area contributed by atoms with Crippen LogP contribution in [0.5, 0.6) is 0 Å². The van der Waals surface area contributed by atoms with Gasteiger partial charge in [-0.1, -0.05) is 18.2 Å². The summed E-state index contributed by atoms with van der Waals surface area (Å²) in [5, 5.41) is 15.8. The molecule has 146 valence electrons. The summed E-state index contributed by atoms with van der Waals surface area (Å²) in [6.07, 6.45) is 0. The number of carbonyl (C=O) groups is 3. The Labute approximate surface area is 161 Å². The van der Waals surface area contributed by atoms with Gasteiger partial charge in [-0.3, -0.25) is 24.5 Å². The van der Waals surface area contributed by atoms with Crippen LogP contribution in [0.1, 0.15) is 26.3 Å². The maximum Gasteiger partial charge on any atom is 0.270 e. The molecule has 0 bridgehead atoms. The molecule has 0 saturated carbocycles. The summed E-state index contributed by atoms with van der Waals surface area (Å²) in [7, 11) is 3.14. The minimum Gasteiger partial charge on any atom is -0.355 e. The number of carbonyl (C=O) groups excluding carboxylic acids is 3. The van der Waals surface area contributed by atoms with E-state index in [0.29, 0.717) is 12.1 Å². The second kappa shape index (κ2) is 9.26. The van der Waals surface area contributed by atoms with Crippen molar-refractivity contribution >= 4 is 23.4 Å². The van der Waals surface area contributed by atoms with Gasteiger partial charge in [0.05, 0.1) is 11.5 Å². The number of likely N-dealkylation sites (N-methyl/N-ethyl adjacent to an activating group) is 1. The van der Waals surface area contributed by atoms with Gasteiger partial charge < -0.3 is 15.5 Å². The molecule has 0 fully saturated rings. The molecule has 0 radical (unpaired) electrons. The Balaban J connectivity index is 1.90. The first-order chi connectivity index (χ1) is 13.3. The summed E-state index contributed by atoms with van der Waals surface area (Å²) >= 11 is 0. The van der Waals surface area contributed by atoms with Crippen molar-refractivity contribution in [1.82, 2.24) is 15.5 Å². The fourth-order valence-corrected chi connectivity index (χ4v) is 2.42. The Hall–Kier alpha value is -3.75. The predicted octanol–water partition coefficient (Wildman–Crippen LogP) is 1.34. The van der Waals surface area contributed by atoms with E-state index in [2.05, 4.69) is 10.6 Å². The molecule has 0 aliphatic carbocycles. The highest BCUT2D eigenvalue weighted by atomic mass is 16.6. The summed E-state index contributed by atoms with van der Waals surface area (Å²) in [6.45, 7) is 0.0634. The molecule has 2 aromatic carbocycles. The van der Waals surface area contributed by atoms with Gasteiger partial charge in [-0.25, -0.2) is 0 Å². The van der Waals surface area contributed by atoms with Gasteiger partial charge in [-0.05, 0) is 23.8 Å². The summed E-state index contributed by atoms with van der Waals surface area (Å²) < 4.78 is 0. The lowest BCUT2D eigenvalue weighted by Gasteiger charge is -2.18. The van der Waals surface area contributed by atoms with Gasteiger partial charge in [0.25, 0.3) is 17.5 Å². The summed E-state index contributed by atoms with van der Waals surface area (Å²) in [6, 6.07) is 12.1. The van der Waals surface area contributed by atoms with Crippen LogP contribution in [-0.2, 0) is 11.3 Å². The molecule has 0 spiro atoms. The van der Waals surface area contributed by atoms with Crippen LogP contribution in [0.2, 0.25) is 0 Å². The maximum atomic E-state index is 12.2. The minimum absolute atomic E-state index is 0.106. The number of nitro benzene ring substituents is 1. The van der Waals surface area contributed by atoms with E-state index in [1.54, 1.807) is 38.4 Å². The average Bonchev–Trinajstić information content (AvgIpc) is 2.71. The fraction of sp³-hybridized carbons (Fsp3) is 0.211. The monoisotopic (exact) mass is 384 g/mol. The molecular formula is C19H20N4O5. The van der Waals surface area contributed by atoms with E-state index in [4.69, 9.17) is 0 Å². The van der Waals surface area contributed by atoms with E-state index in [0.717, 1.165) is 11.6 Å². The zero-order valence-electron chi connectivity index (χ0n) is 15.5. The molecule has 0 aromatic heterocycles. The number of amides is 3. The molecule has 9 nitrogen and oxygen atoms in total. The lowest BCUT2D eigenvalue weighted by molar-refractivity contribution is -0.384. The second-order valence-corrected chi connectivity index (χ2v) is 6.02. The van der Waals surface area contributed by atoms with Crippen molar-refractivity contribution < 1.29 is 19.3 Å². The van der Waals surface area contributed by atoms with Gasteiger partial charge >= 0.3 is 0 Å². The zero-order chi connectivity index (χ0) is 20.7. The molecule has 3 amide bonds. The Morgan fingerprint density at radius 1 is 1.04 bits per heavy atom. The Morgan fingerprint density at radius 2 is 1.71 bits per heavy atom. The van der Waals surface area contributed by atoms with Crippen molar-refractivity contribution in [3.63, 3.8) is 0 Å².